The molecule has 0 aliphatic heterocycles. The van der Waals surface area contributed by atoms with Crippen LogP contribution in [0.15, 0.2) is 42.5 Å². The number of nitrogens with two attached hydrogens (primary N) is 1. The van der Waals surface area contributed by atoms with Gasteiger partial charge in [-0.1, -0.05) is 49.4 Å². The largest absolute Gasteiger partial charge is 0.318 e. The number of hydrogen-bond acceptors (Lipinski definition) is 2. The summed E-state index contributed by atoms with van der Waals surface area (Å²) in [6.45, 7) is 5.80. The van der Waals surface area contributed by atoms with Gasteiger partial charge in [-0.15, -0.1) is 0 Å². The van der Waals surface area contributed by atoms with Crippen molar-refractivity contribution in [3.63, 3.8) is 0 Å². The molecule has 15 heavy (non-hydrogen) atoms. The molecular formula is C13H17NO. The van der Waals surface area contributed by atoms with Gasteiger partial charge in [0.15, 0.2) is 5.78 Å². The third kappa shape index (κ3) is 3.33. The lowest BCUT2D eigenvalue weighted by Gasteiger charge is -2.11. The molecule has 0 bridgehead atoms. The van der Waals surface area contributed by atoms with Crippen molar-refractivity contribution < 1.29 is 4.79 Å². The van der Waals surface area contributed by atoms with Crippen molar-refractivity contribution in [1.29, 1.82) is 0 Å². The van der Waals surface area contributed by atoms with E-state index in [4.69, 9.17) is 5.73 Å². The second-order valence-corrected chi connectivity index (χ2v) is 3.63. The molecule has 0 aliphatic rings. The lowest BCUT2D eigenvalue weighted by molar-refractivity contribution is -0.119. The van der Waals surface area contributed by atoms with Gasteiger partial charge >= 0.3 is 0 Å². The molecule has 0 fully saturated rings. The molecule has 0 spiro atoms. The fourth-order valence-electron chi connectivity index (χ4n) is 1.33. The number of allylic oxidation sites excluding steroid dienone is 1. The zero-order chi connectivity index (χ0) is 11.3. The van der Waals surface area contributed by atoms with E-state index in [1.807, 2.05) is 37.3 Å². The minimum absolute atomic E-state index is 0.0352. The molecule has 2 heteroatoms. The van der Waals surface area contributed by atoms with Crippen LogP contribution in [0, 0.1) is 0 Å². The van der Waals surface area contributed by atoms with Crippen LogP contribution in [0.4, 0.5) is 0 Å². The van der Waals surface area contributed by atoms with Crippen molar-refractivity contribution in [2.24, 2.45) is 5.73 Å². The van der Waals surface area contributed by atoms with E-state index >= 15 is 0 Å². The van der Waals surface area contributed by atoms with Crippen LogP contribution < -0.4 is 5.73 Å². The molecule has 0 saturated heterocycles. The van der Waals surface area contributed by atoms with Crippen LogP contribution in [-0.4, -0.2) is 5.78 Å². The van der Waals surface area contributed by atoms with Gasteiger partial charge in [-0.3, -0.25) is 4.79 Å². The zero-order valence-corrected chi connectivity index (χ0v) is 9.07. The second-order valence-electron chi connectivity index (χ2n) is 3.63. The standard InChI is InChI=1S/C13H17NO/c1-3-10(2)9-12(15)13(14)11-7-5-4-6-8-11/h4-8,13H,2-3,9,14H2,1H3. The zero-order valence-electron chi connectivity index (χ0n) is 9.07. The summed E-state index contributed by atoms with van der Waals surface area (Å²) in [6.07, 6.45) is 1.21. The monoisotopic (exact) mass is 203 g/mol. The van der Waals surface area contributed by atoms with Crippen LogP contribution in [0.3, 0.4) is 0 Å². The summed E-state index contributed by atoms with van der Waals surface area (Å²) in [6, 6.07) is 8.91. The Bertz CT molecular complexity index is 343. The predicted octanol–water partition coefficient (Wildman–Crippen LogP) is 2.61. The first-order valence-corrected chi connectivity index (χ1v) is 5.15. The number of hydrogen-bond donors (Lipinski definition) is 1. The molecule has 1 aromatic rings. The SMILES string of the molecule is C=C(CC)CC(=O)C(N)c1ccccc1. The Labute approximate surface area is 90.8 Å². The van der Waals surface area contributed by atoms with Gasteiger partial charge in [-0.2, -0.15) is 0 Å². The fourth-order valence-corrected chi connectivity index (χ4v) is 1.33. The third-order valence-corrected chi connectivity index (χ3v) is 2.43. The van der Waals surface area contributed by atoms with Crippen LogP contribution in [0.25, 0.3) is 0 Å². The number of benzene rings is 1. The van der Waals surface area contributed by atoms with E-state index in [9.17, 15) is 4.79 Å². The Hall–Kier alpha value is -1.41. The highest BCUT2D eigenvalue weighted by Crippen LogP contribution is 2.15. The van der Waals surface area contributed by atoms with Gasteiger partial charge in [0.25, 0.3) is 0 Å². The maximum Gasteiger partial charge on any atom is 0.158 e. The smallest absolute Gasteiger partial charge is 0.158 e. The average molecular weight is 203 g/mol. The molecule has 0 amide bonds. The van der Waals surface area contributed by atoms with Gasteiger partial charge in [0.1, 0.15) is 0 Å². The van der Waals surface area contributed by atoms with Crippen LogP contribution in [0.1, 0.15) is 31.4 Å². The van der Waals surface area contributed by atoms with E-state index in [0.717, 1.165) is 17.6 Å². The lowest BCUT2D eigenvalue weighted by Crippen LogP contribution is -2.21. The summed E-state index contributed by atoms with van der Waals surface area (Å²) in [4.78, 5) is 11.7. The normalized spacial score (nSPS) is 12.1. The maximum absolute atomic E-state index is 11.7. The highest BCUT2D eigenvalue weighted by molar-refractivity contribution is 5.86. The van der Waals surface area contributed by atoms with E-state index in [1.165, 1.54) is 0 Å². The average Bonchev–Trinajstić information content (AvgIpc) is 2.29. The minimum atomic E-state index is -0.519. The second kappa shape index (κ2) is 5.47. The molecule has 1 aromatic carbocycles. The molecule has 80 valence electrons. The van der Waals surface area contributed by atoms with Gasteiger partial charge < -0.3 is 5.73 Å². The summed E-state index contributed by atoms with van der Waals surface area (Å²) < 4.78 is 0. The number of ketones is 1. The third-order valence-electron chi connectivity index (χ3n) is 2.43. The van der Waals surface area contributed by atoms with Crippen molar-refractivity contribution in [2.45, 2.75) is 25.8 Å². The fraction of sp³-hybridized carbons (Fsp3) is 0.308. The van der Waals surface area contributed by atoms with Gasteiger partial charge in [0.2, 0.25) is 0 Å². The molecular weight excluding hydrogens is 186 g/mol. The van der Waals surface area contributed by atoms with Gasteiger partial charge in [-0.25, -0.2) is 0 Å². The molecule has 1 atom stereocenters. The minimum Gasteiger partial charge on any atom is -0.318 e. The quantitative estimate of drug-likeness (QED) is 0.747. The van der Waals surface area contributed by atoms with E-state index in [1.54, 1.807) is 0 Å². The van der Waals surface area contributed by atoms with Crippen molar-refractivity contribution in [3.8, 4) is 0 Å². The molecule has 0 heterocycles. The summed E-state index contributed by atoms with van der Waals surface area (Å²) in [7, 11) is 0. The molecule has 0 saturated carbocycles. The molecule has 0 aliphatic carbocycles. The molecule has 1 unspecified atom stereocenters. The first-order chi connectivity index (χ1) is 7.15. The molecule has 2 nitrogen and oxygen atoms in total. The van der Waals surface area contributed by atoms with E-state index in [0.29, 0.717) is 6.42 Å². The van der Waals surface area contributed by atoms with Gasteiger partial charge in [0, 0.05) is 6.42 Å². The Morgan fingerprint density at radius 1 is 1.40 bits per heavy atom. The van der Waals surface area contributed by atoms with Crippen LogP contribution >= 0.6 is 0 Å². The predicted molar refractivity (Wildman–Crippen MR) is 62.4 cm³/mol. The maximum atomic E-state index is 11.7. The first kappa shape index (κ1) is 11.7. The van der Waals surface area contributed by atoms with Crippen molar-refractivity contribution >= 4 is 5.78 Å². The number of carbonyl (C=O) groups is 1. The number of rotatable bonds is 5. The Morgan fingerprint density at radius 3 is 2.53 bits per heavy atom. The topological polar surface area (TPSA) is 43.1 Å². The first-order valence-electron chi connectivity index (χ1n) is 5.15. The highest BCUT2D eigenvalue weighted by atomic mass is 16.1. The highest BCUT2D eigenvalue weighted by Gasteiger charge is 2.15. The summed E-state index contributed by atoms with van der Waals surface area (Å²) in [5.41, 5.74) is 7.65. The molecule has 0 aromatic heterocycles. The van der Waals surface area contributed by atoms with Crippen LogP contribution in [0.2, 0.25) is 0 Å². The molecule has 0 radical (unpaired) electrons. The molecule has 2 N–H and O–H groups in total. The van der Waals surface area contributed by atoms with E-state index in [2.05, 4.69) is 6.58 Å². The Morgan fingerprint density at radius 2 is 2.00 bits per heavy atom. The number of Topliss-reactive ketones (excluding diaryl/α,β-unsaturated/α-hetero) is 1. The Balaban J connectivity index is 2.65. The molecule has 1 rings (SSSR count). The number of carbonyl (C=O) groups excluding carboxylic acids is 1. The van der Waals surface area contributed by atoms with Crippen LogP contribution in [0.5, 0.6) is 0 Å². The van der Waals surface area contributed by atoms with Gasteiger partial charge in [-0.05, 0) is 12.0 Å². The van der Waals surface area contributed by atoms with Crippen molar-refractivity contribution in [1.82, 2.24) is 0 Å². The van der Waals surface area contributed by atoms with Crippen molar-refractivity contribution in [3.05, 3.63) is 48.0 Å². The summed E-state index contributed by atoms with van der Waals surface area (Å²) >= 11 is 0. The van der Waals surface area contributed by atoms with Crippen LogP contribution in [-0.2, 0) is 4.79 Å². The lowest BCUT2D eigenvalue weighted by atomic mass is 9.98. The van der Waals surface area contributed by atoms with Gasteiger partial charge in [0.05, 0.1) is 6.04 Å². The van der Waals surface area contributed by atoms with E-state index < -0.39 is 6.04 Å². The summed E-state index contributed by atoms with van der Waals surface area (Å²) in [5.74, 6) is 0.0352. The van der Waals surface area contributed by atoms with Crippen molar-refractivity contribution in [2.75, 3.05) is 0 Å². The Kier molecular flexibility index (Phi) is 4.25. The summed E-state index contributed by atoms with van der Waals surface area (Å²) in [5, 5.41) is 0. The van der Waals surface area contributed by atoms with E-state index in [-0.39, 0.29) is 5.78 Å².